The van der Waals surface area contributed by atoms with E-state index >= 15 is 0 Å². The third-order valence-corrected chi connectivity index (χ3v) is 3.42. The van der Waals surface area contributed by atoms with Gasteiger partial charge in [-0.1, -0.05) is 23.8 Å². The number of hydrogen-bond donors (Lipinski definition) is 3. The zero-order chi connectivity index (χ0) is 13.1. The normalized spacial score (nSPS) is 19.2. The van der Waals surface area contributed by atoms with E-state index in [-0.39, 0.29) is 11.9 Å². The second-order valence-corrected chi connectivity index (χ2v) is 5.04. The number of carbonyl (C=O) groups is 1. The summed E-state index contributed by atoms with van der Waals surface area (Å²) in [6.45, 7) is 0.741. The monoisotopic (exact) mass is 283 g/mol. The van der Waals surface area contributed by atoms with Gasteiger partial charge in [0.2, 0.25) is 5.91 Å². The van der Waals surface area contributed by atoms with Crippen LogP contribution < -0.4 is 16.4 Å². The Bertz CT molecular complexity index is 492. The van der Waals surface area contributed by atoms with Crippen LogP contribution in [-0.2, 0) is 4.79 Å². The first kappa shape index (κ1) is 13.1. The van der Waals surface area contributed by atoms with E-state index in [4.69, 9.17) is 29.6 Å². The summed E-state index contributed by atoms with van der Waals surface area (Å²) >= 11 is 11.0. The van der Waals surface area contributed by atoms with Gasteiger partial charge < -0.3 is 16.4 Å². The number of hydrogen-bond acceptors (Lipinski definition) is 3. The lowest BCUT2D eigenvalue weighted by Gasteiger charge is -2.24. The van der Waals surface area contributed by atoms with Crippen LogP contribution in [0, 0.1) is 0 Å². The molecule has 1 amide bonds. The minimum Gasteiger partial charge on any atom is -0.389 e. The largest absolute Gasteiger partial charge is 0.389 e. The highest BCUT2D eigenvalue weighted by molar-refractivity contribution is 7.80. The first-order valence-corrected chi connectivity index (χ1v) is 6.50. The van der Waals surface area contributed by atoms with Crippen molar-refractivity contribution in [1.82, 2.24) is 5.32 Å². The molecule has 1 aliphatic heterocycles. The topological polar surface area (TPSA) is 67.2 Å². The summed E-state index contributed by atoms with van der Waals surface area (Å²) in [6, 6.07) is 5.05. The van der Waals surface area contributed by atoms with Gasteiger partial charge in [-0.05, 0) is 31.0 Å². The molecule has 1 atom stereocenters. The summed E-state index contributed by atoms with van der Waals surface area (Å²) in [5.41, 5.74) is 6.96. The first-order valence-electron chi connectivity index (χ1n) is 5.71. The SMILES string of the molecule is NC(=S)c1ccc(NC2CCCNC2=O)c(Cl)c1. The van der Waals surface area contributed by atoms with Crippen molar-refractivity contribution in [3.05, 3.63) is 28.8 Å². The zero-order valence-electron chi connectivity index (χ0n) is 9.70. The fraction of sp³-hybridized carbons (Fsp3) is 0.333. The van der Waals surface area contributed by atoms with Crippen LogP contribution in [0.1, 0.15) is 18.4 Å². The van der Waals surface area contributed by atoms with Crippen molar-refractivity contribution in [2.75, 3.05) is 11.9 Å². The maximum Gasteiger partial charge on any atom is 0.242 e. The van der Waals surface area contributed by atoms with E-state index in [1.807, 2.05) is 0 Å². The maximum atomic E-state index is 11.6. The molecule has 1 fully saturated rings. The Hall–Kier alpha value is -1.33. The molecule has 1 unspecified atom stereocenters. The average molecular weight is 284 g/mol. The predicted octanol–water partition coefficient (Wildman–Crippen LogP) is 1.66. The summed E-state index contributed by atoms with van der Waals surface area (Å²) in [5.74, 6) is 0.00994. The highest BCUT2D eigenvalue weighted by Crippen LogP contribution is 2.24. The molecule has 1 aromatic carbocycles. The standard InChI is InChI=1S/C12H14ClN3OS/c13-8-6-7(11(14)18)3-4-9(8)16-10-2-1-5-15-12(10)17/h3-4,6,10,16H,1-2,5H2,(H2,14,18)(H,15,17). The van der Waals surface area contributed by atoms with E-state index in [9.17, 15) is 4.79 Å². The van der Waals surface area contributed by atoms with Crippen molar-refractivity contribution < 1.29 is 4.79 Å². The molecule has 0 radical (unpaired) electrons. The van der Waals surface area contributed by atoms with Gasteiger partial charge in [0.1, 0.15) is 11.0 Å². The number of rotatable bonds is 3. The molecule has 0 saturated carbocycles. The quantitative estimate of drug-likeness (QED) is 0.738. The molecule has 4 N–H and O–H groups in total. The van der Waals surface area contributed by atoms with Crippen molar-refractivity contribution >= 4 is 40.4 Å². The highest BCUT2D eigenvalue weighted by atomic mass is 35.5. The van der Waals surface area contributed by atoms with Crippen LogP contribution >= 0.6 is 23.8 Å². The van der Waals surface area contributed by atoms with E-state index < -0.39 is 0 Å². The smallest absolute Gasteiger partial charge is 0.242 e. The number of benzene rings is 1. The van der Waals surface area contributed by atoms with Crippen molar-refractivity contribution in [1.29, 1.82) is 0 Å². The van der Waals surface area contributed by atoms with Crippen molar-refractivity contribution in [3.8, 4) is 0 Å². The van der Waals surface area contributed by atoms with Gasteiger partial charge >= 0.3 is 0 Å². The number of thiocarbonyl (C=S) groups is 1. The molecule has 1 saturated heterocycles. The lowest BCUT2D eigenvalue weighted by molar-refractivity contribution is -0.123. The number of carbonyl (C=O) groups excluding carboxylic acids is 1. The number of piperidine rings is 1. The molecule has 2 rings (SSSR count). The van der Waals surface area contributed by atoms with Crippen LogP contribution in [0.25, 0.3) is 0 Å². The molecule has 0 spiro atoms. The predicted molar refractivity (Wildman–Crippen MR) is 77.0 cm³/mol. The minimum atomic E-state index is -0.230. The van der Waals surface area contributed by atoms with Gasteiger partial charge in [0.25, 0.3) is 0 Å². The lowest BCUT2D eigenvalue weighted by Crippen LogP contribution is -2.44. The fourth-order valence-corrected chi connectivity index (χ4v) is 2.24. The summed E-state index contributed by atoms with van der Waals surface area (Å²) in [4.78, 5) is 11.9. The van der Waals surface area contributed by atoms with Gasteiger partial charge in [-0.15, -0.1) is 0 Å². The molecule has 1 aromatic rings. The number of amides is 1. The molecule has 0 aliphatic carbocycles. The molecule has 0 aromatic heterocycles. The summed E-state index contributed by atoms with van der Waals surface area (Å²) in [5, 5.41) is 6.47. The van der Waals surface area contributed by atoms with Crippen LogP contribution in [0.5, 0.6) is 0 Å². The molecule has 96 valence electrons. The van der Waals surface area contributed by atoms with E-state index in [1.165, 1.54) is 0 Å². The number of nitrogens with two attached hydrogens (primary N) is 1. The third kappa shape index (κ3) is 2.91. The van der Waals surface area contributed by atoms with Gasteiger partial charge in [0.15, 0.2) is 0 Å². The fourth-order valence-electron chi connectivity index (χ4n) is 1.88. The van der Waals surface area contributed by atoms with Crippen LogP contribution in [0.15, 0.2) is 18.2 Å². The van der Waals surface area contributed by atoms with E-state index in [1.54, 1.807) is 18.2 Å². The Morgan fingerprint density at radius 3 is 2.94 bits per heavy atom. The van der Waals surface area contributed by atoms with Gasteiger partial charge in [0, 0.05) is 12.1 Å². The van der Waals surface area contributed by atoms with Crippen LogP contribution in [0.4, 0.5) is 5.69 Å². The second kappa shape index (κ2) is 5.54. The lowest BCUT2D eigenvalue weighted by atomic mass is 10.1. The first-order chi connectivity index (χ1) is 8.58. The summed E-state index contributed by atoms with van der Waals surface area (Å²) in [7, 11) is 0. The molecule has 0 bridgehead atoms. The number of nitrogens with one attached hydrogen (secondary N) is 2. The van der Waals surface area contributed by atoms with Crippen molar-refractivity contribution in [3.63, 3.8) is 0 Å². The van der Waals surface area contributed by atoms with Crippen molar-refractivity contribution in [2.24, 2.45) is 5.73 Å². The third-order valence-electron chi connectivity index (χ3n) is 2.87. The van der Waals surface area contributed by atoms with Gasteiger partial charge in [-0.3, -0.25) is 4.79 Å². The van der Waals surface area contributed by atoms with Crippen LogP contribution in [0.2, 0.25) is 5.02 Å². The van der Waals surface area contributed by atoms with E-state index in [0.29, 0.717) is 15.6 Å². The molecular weight excluding hydrogens is 270 g/mol. The molecule has 18 heavy (non-hydrogen) atoms. The maximum absolute atomic E-state index is 11.6. The van der Waals surface area contributed by atoms with Gasteiger partial charge in [0.05, 0.1) is 10.7 Å². The van der Waals surface area contributed by atoms with E-state index in [0.717, 1.165) is 25.1 Å². The number of anilines is 1. The molecule has 6 heteroatoms. The number of halogens is 1. The second-order valence-electron chi connectivity index (χ2n) is 4.19. The van der Waals surface area contributed by atoms with Gasteiger partial charge in [-0.25, -0.2) is 0 Å². The Kier molecular flexibility index (Phi) is 4.04. The van der Waals surface area contributed by atoms with Crippen LogP contribution in [0.3, 0.4) is 0 Å². The summed E-state index contributed by atoms with van der Waals surface area (Å²) in [6.07, 6.45) is 1.77. The average Bonchev–Trinajstić information content (AvgIpc) is 2.34. The zero-order valence-corrected chi connectivity index (χ0v) is 11.3. The Morgan fingerprint density at radius 2 is 2.33 bits per heavy atom. The molecule has 1 heterocycles. The molecular formula is C12H14ClN3OS. The summed E-state index contributed by atoms with van der Waals surface area (Å²) < 4.78 is 0. The Balaban J connectivity index is 2.14. The van der Waals surface area contributed by atoms with Crippen LogP contribution in [-0.4, -0.2) is 23.5 Å². The van der Waals surface area contributed by atoms with Crippen molar-refractivity contribution in [2.45, 2.75) is 18.9 Å². The Morgan fingerprint density at radius 1 is 1.56 bits per heavy atom. The van der Waals surface area contributed by atoms with Gasteiger partial charge in [-0.2, -0.15) is 0 Å². The molecule has 4 nitrogen and oxygen atoms in total. The Labute approximate surface area is 116 Å². The van der Waals surface area contributed by atoms with E-state index in [2.05, 4.69) is 10.6 Å². The molecule has 1 aliphatic rings. The highest BCUT2D eigenvalue weighted by Gasteiger charge is 2.22. The minimum absolute atomic E-state index is 0.00994.